The van der Waals surface area contributed by atoms with Crippen LogP contribution in [0.3, 0.4) is 0 Å². The average molecular weight is 578 g/mol. The molecule has 197 valence electrons. The molecule has 8 nitrogen and oxygen atoms in total. The summed E-state index contributed by atoms with van der Waals surface area (Å²) in [6, 6.07) is 24.2. The minimum atomic E-state index is 0. The quantitative estimate of drug-likeness (QED) is 0.190. The van der Waals surface area contributed by atoms with E-state index >= 15 is 0 Å². The van der Waals surface area contributed by atoms with Gasteiger partial charge in [0, 0.05) is 63.8 Å². The van der Waals surface area contributed by atoms with Gasteiger partial charge in [-0.25, -0.2) is 9.97 Å². The second-order valence-corrected chi connectivity index (χ2v) is 9.84. The fourth-order valence-electron chi connectivity index (χ4n) is 5.74. The first-order valence-corrected chi connectivity index (χ1v) is 13.0. The summed E-state index contributed by atoms with van der Waals surface area (Å²) in [5.41, 5.74) is 12.1. The number of rotatable bonds is 0. The summed E-state index contributed by atoms with van der Waals surface area (Å²) in [6.45, 7) is 0. The first-order valence-electron chi connectivity index (χ1n) is 13.0. The van der Waals surface area contributed by atoms with E-state index in [2.05, 4.69) is 34.2 Å². The van der Waals surface area contributed by atoms with Gasteiger partial charge in [-0.1, -0.05) is 0 Å². The molecule has 0 saturated heterocycles. The summed E-state index contributed by atoms with van der Waals surface area (Å²) >= 11 is 0. The van der Waals surface area contributed by atoms with Crippen LogP contribution in [-0.4, -0.2) is 39.9 Å². The van der Waals surface area contributed by atoms with Gasteiger partial charge in [0.1, 0.15) is 0 Å². The minimum absolute atomic E-state index is 0. The molecule has 0 saturated carbocycles. The van der Waals surface area contributed by atoms with Crippen LogP contribution in [0.5, 0.6) is 0 Å². The molecule has 0 fully saturated rings. The van der Waals surface area contributed by atoms with Gasteiger partial charge in [0.2, 0.25) is 0 Å². The van der Waals surface area contributed by atoms with Crippen molar-refractivity contribution in [1.82, 2.24) is 39.9 Å². The van der Waals surface area contributed by atoms with E-state index in [-0.39, 0.29) is 17.1 Å². The zero-order chi connectivity index (χ0) is 26.2. The van der Waals surface area contributed by atoms with E-state index < -0.39 is 0 Å². The Morgan fingerprint density at radius 1 is 0.439 bits per heavy atom. The van der Waals surface area contributed by atoms with Crippen molar-refractivity contribution in [2.45, 2.75) is 0 Å². The number of H-pyrrole nitrogens is 2. The SMILES string of the molecule is [Cu].c1cnc2c(c1)-c1cc3[nH]c(cc4nc(cc5[nH]c(cc-2n1)c1cccnc51)-c1cccnc1-4)c1cccnc31. The monoisotopic (exact) mass is 577 g/mol. The van der Waals surface area contributed by atoms with Gasteiger partial charge in [0.15, 0.2) is 0 Å². The number of nitrogens with one attached hydrogen (secondary N) is 2. The summed E-state index contributed by atoms with van der Waals surface area (Å²) in [5.74, 6) is 0. The summed E-state index contributed by atoms with van der Waals surface area (Å²) in [4.78, 5) is 36.1. The zero-order valence-corrected chi connectivity index (χ0v) is 22.2. The van der Waals surface area contributed by atoms with Crippen LogP contribution in [-0.2, 0) is 17.1 Å². The summed E-state index contributed by atoms with van der Waals surface area (Å²) in [7, 11) is 0. The number of aromatic nitrogens is 8. The molecule has 9 rings (SSSR count). The standard InChI is InChI=1S/C32H18N8.Cu/c1-5-17-21-13-26-30-19(7-3-10-34-30)23(38-26)15-28-32-20(8-4-12-36-32)24(40-28)16-27-31-18(6-2-11-35-31)22(39-27)14-25(37-21)29(17)33-9-1;/h1-16,37,40H;. The predicted octanol–water partition coefficient (Wildman–Crippen LogP) is 6.87. The normalized spacial score (nSPS) is 11.7. The van der Waals surface area contributed by atoms with Gasteiger partial charge in [-0.3, -0.25) is 19.9 Å². The van der Waals surface area contributed by atoms with Crippen LogP contribution in [0.15, 0.2) is 97.6 Å². The predicted molar refractivity (Wildman–Crippen MR) is 156 cm³/mol. The third kappa shape index (κ3) is 3.53. The number of aromatic amines is 2. The molecule has 0 unspecified atom stereocenters. The molecule has 0 spiro atoms. The van der Waals surface area contributed by atoms with Crippen LogP contribution < -0.4 is 0 Å². The van der Waals surface area contributed by atoms with Gasteiger partial charge in [0.25, 0.3) is 0 Å². The second-order valence-electron chi connectivity index (χ2n) is 9.84. The molecule has 1 radical (unpaired) electrons. The number of hydrogen-bond acceptors (Lipinski definition) is 6. The van der Waals surface area contributed by atoms with Crippen molar-refractivity contribution in [2.24, 2.45) is 0 Å². The van der Waals surface area contributed by atoms with Crippen molar-refractivity contribution in [2.75, 3.05) is 0 Å². The van der Waals surface area contributed by atoms with E-state index in [1.807, 2.05) is 60.9 Å². The molecule has 0 amide bonds. The maximum Gasteiger partial charge on any atom is 0.0981 e. The van der Waals surface area contributed by atoms with Crippen molar-refractivity contribution in [3.8, 4) is 45.3 Å². The van der Waals surface area contributed by atoms with Crippen LogP contribution >= 0.6 is 0 Å². The van der Waals surface area contributed by atoms with E-state index in [4.69, 9.17) is 29.9 Å². The second kappa shape index (κ2) is 8.89. The van der Waals surface area contributed by atoms with Gasteiger partial charge in [-0.05, 0) is 72.8 Å². The van der Waals surface area contributed by atoms with Crippen molar-refractivity contribution >= 4 is 43.9 Å². The maximum absolute atomic E-state index is 5.05. The average Bonchev–Trinajstić information content (AvgIpc) is 3.73. The van der Waals surface area contributed by atoms with Crippen LogP contribution in [0.4, 0.5) is 0 Å². The molecule has 9 heteroatoms. The fraction of sp³-hybridized carbons (Fsp3) is 0. The van der Waals surface area contributed by atoms with Crippen molar-refractivity contribution in [1.29, 1.82) is 0 Å². The molecule has 0 aliphatic carbocycles. The molecule has 0 aromatic carbocycles. The molecule has 9 heterocycles. The molecular weight excluding hydrogens is 560 g/mol. The molecular formula is C32H18CuN8. The van der Waals surface area contributed by atoms with E-state index in [0.29, 0.717) is 0 Å². The van der Waals surface area contributed by atoms with Gasteiger partial charge in [-0.15, -0.1) is 0 Å². The van der Waals surface area contributed by atoms with Crippen molar-refractivity contribution in [3.63, 3.8) is 0 Å². The smallest absolute Gasteiger partial charge is 0.0981 e. The zero-order valence-electron chi connectivity index (χ0n) is 21.2. The summed E-state index contributed by atoms with van der Waals surface area (Å²) < 4.78 is 0. The van der Waals surface area contributed by atoms with Crippen LogP contribution in [0, 0.1) is 0 Å². The molecule has 2 aliphatic rings. The van der Waals surface area contributed by atoms with Crippen molar-refractivity contribution < 1.29 is 17.1 Å². The number of hydrogen-bond donors (Lipinski definition) is 2. The Bertz CT molecular complexity index is 2030. The fourth-order valence-corrected chi connectivity index (χ4v) is 5.74. The van der Waals surface area contributed by atoms with E-state index in [9.17, 15) is 0 Å². The molecule has 2 N–H and O–H groups in total. The Morgan fingerprint density at radius 2 is 0.854 bits per heavy atom. The first-order chi connectivity index (χ1) is 19.8. The summed E-state index contributed by atoms with van der Waals surface area (Å²) in [5, 5.41) is 2.00. The third-order valence-electron chi connectivity index (χ3n) is 7.50. The topological polar surface area (TPSA) is 109 Å². The minimum Gasteiger partial charge on any atom is -0.353 e. The molecule has 0 atom stereocenters. The largest absolute Gasteiger partial charge is 0.353 e. The maximum atomic E-state index is 5.05. The van der Waals surface area contributed by atoms with E-state index in [1.165, 1.54) is 0 Å². The number of nitrogens with zero attached hydrogens (tertiary/aromatic N) is 6. The Labute approximate surface area is 243 Å². The Hall–Kier alpha value is -5.24. The molecule has 7 aromatic rings. The van der Waals surface area contributed by atoms with Gasteiger partial charge < -0.3 is 9.97 Å². The molecule has 2 aliphatic heterocycles. The Kier molecular flexibility index (Phi) is 5.12. The van der Waals surface area contributed by atoms with E-state index in [0.717, 1.165) is 89.2 Å². The van der Waals surface area contributed by atoms with Crippen LogP contribution in [0.25, 0.3) is 89.2 Å². The van der Waals surface area contributed by atoms with Crippen molar-refractivity contribution in [3.05, 3.63) is 97.6 Å². The van der Waals surface area contributed by atoms with Gasteiger partial charge in [-0.2, -0.15) is 0 Å². The summed E-state index contributed by atoms with van der Waals surface area (Å²) in [6.07, 6.45) is 7.22. The van der Waals surface area contributed by atoms with Gasteiger partial charge >= 0.3 is 0 Å². The van der Waals surface area contributed by atoms with Gasteiger partial charge in [0.05, 0.1) is 67.3 Å². The molecule has 7 aromatic heterocycles. The van der Waals surface area contributed by atoms with Crippen LogP contribution in [0.1, 0.15) is 0 Å². The first kappa shape index (κ1) is 23.6. The third-order valence-corrected chi connectivity index (χ3v) is 7.50. The molecule has 41 heavy (non-hydrogen) atoms. The van der Waals surface area contributed by atoms with E-state index in [1.54, 1.807) is 12.4 Å². The molecule has 8 bridgehead atoms. The Morgan fingerprint density at radius 3 is 1.34 bits per heavy atom. The number of pyridine rings is 4. The Balaban J connectivity index is 0.00000256. The number of fused-ring (bicyclic) bond motifs is 20. The van der Waals surface area contributed by atoms with Crippen LogP contribution in [0.2, 0.25) is 0 Å².